The van der Waals surface area contributed by atoms with Crippen molar-refractivity contribution in [3.05, 3.63) is 34.9 Å². The van der Waals surface area contributed by atoms with E-state index in [0.717, 1.165) is 5.56 Å². The molecule has 0 amide bonds. The van der Waals surface area contributed by atoms with Gasteiger partial charge < -0.3 is 9.84 Å². The van der Waals surface area contributed by atoms with Crippen LogP contribution in [-0.4, -0.2) is 23.3 Å². The van der Waals surface area contributed by atoms with Gasteiger partial charge in [0.2, 0.25) is 0 Å². The van der Waals surface area contributed by atoms with E-state index in [4.69, 9.17) is 16.3 Å². The normalized spacial score (nSPS) is 13.2. The molecule has 1 aromatic carbocycles. The number of hydrogen-bond acceptors (Lipinski definition) is 3. The fourth-order valence-electron chi connectivity index (χ4n) is 1.72. The number of esters is 1. The van der Waals surface area contributed by atoms with Crippen LogP contribution in [0.4, 0.5) is 0 Å². The molecule has 1 atom stereocenters. The molecule has 0 aliphatic rings. The van der Waals surface area contributed by atoms with Gasteiger partial charge in [0.1, 0.15) is 0 Å². The molecular weight excluding hydrogens is 252 g/mol. The average molecular weight is 271 g/mol. The molecule has 0 spiro atoms. The highest BCUT2D eigenvalue weighted by atomic mass is 35.5. The third-order valence-electron chi connectivity index (χ3n) is 2.78. The van der Waals surface area contributed by atoms with Crippen molar-refractivity contribution in [1.82, 2.24) is 0 Å². The molecule has 1 aromatic rings. The SMILES string of the molecule is CCOC(=O)[C@H](Cc1ccc(Cl)cc1)C(C)(C)O. The van der Waals surface area contributed by atoms with Crippen molar-refractivity contribution in [3.8, 4) is 0 Å². The molecule has 0 saturated carbocycles. The Morgan fingerprint density at radius 1 is 1.39 bits per heavy atom. The third-order valence-corrected chi connectivity index (χ3v) is 3.03. The van der Waals surface area contributed by atoms with Gasteiger partial charge in [0.05, 0.1) is 18.1 Å². The topological polar surface area (TPSA) is 46.5 Å². The summed E-state index contributed by atoms with van der Waals surface area (Å²) in [5, 5.41) is 10.7. The zero-order valence-corrected chi connectivity index (χ0v) is 11.7. The first-order valence-electron chi connectivity index (χ1n) is 5.98. The first-order chi connectivity index (χ1) is 8.34. The minimum Gasteiger partial charge on any atom is -0.466 e. The molecule has 18 heavy (non-hydrogen) atoms. The van der Waals surface area contributed by atoms with Gasteiger partial charge in [0.15, 0.2) is 0 Å². The molecule has 0 bridgehead atoms. The lowest BCUT2D eigenvalue weighted by Gasteiger charge is -2.27. The second kappa shape index (κ2) is 6.21. The fourth-order valence-corrected chi connectivity index (χ4v) is 1.85. The van der Waals surface area contributed by atoms with E-state index in [1.54, 1.807) is 32.9 Å². The summed E-state index contributed by atoms with van der Waals surface area (Å²) in [6.07, 6.45) is 0.430. The number of benzene rings is 1. The Morgan fingerprint density at radius 2 is 1.94 bits per heavy atom. The molecule has 0 radical (unpaired) electrons. The number of carbonyl (C=O) groups is 1. The van der Waals surface area contributed by atoms with Crippen LogP contribution in [-0.2, 0) is 16.0 Å². The van der Waals surface area contributed by atoms with Crippen molar-refractivity contribution >= 4 is 17.6 Å². The summed E-state index contributed by atoms with van der Waals surface area (Å²) in [4.78, 5) is 11.9. The standard InChI is InChI=1S/C14H19ClO3/c1-4-18-13(16)12(14(2,3)17)9-10-5-7-11(15)8-6-10/h5-8,12,17H,4,9H2,1-3H3/t12-/m0/s1. The van der Waals surface area contributed by atoms with Gasteiger partial charge in [-0.2, -0.15) is 0 Å². The highest BCUT2D eigenvalue weighted by Gasteiger charge is 2.34. The molecule has 0 heterocycles. The van der Waals surface area contributed by atoms with Crippen molar-refractivity contribution in [3.63, 3.8) is 0 Å². The maximum absolute atomic E-state index is 11.9. The molecule has 0 saturated heterocycles. The summed E-state index contributed by atoms with van der Waals surface area (Å²) >= 11 is 5.81. The Hall–Kier alpha value is -1.06. The molecule has 0 fully saturated rings. The van der Waals surface area contributed by atoms with E-state index < -0.39 is 11.5 Å². The van der Waals surface area contributed by atoms with Crippen LogP contribution in [0.5, 0.6) is 0 Å². The Kier molecular flexibility index (Phi) is 5.17. The number of hydrogen-bond donors (Lipinski definition) is 1. The molecule has 4 heteroatoms. The van der Waals surface area contributed by atoms with Crippen LogP contribution >= 0.6 is 11.6 Å². The first kappa shape index (κ1) is 15.0. The molecular formula is C14H19ClO3. The van der Waals surface area contributed by atoms with Gasteiger partial charge in [0, 0.05) is 5.02 Å². The molecule has 100 valence electrons. The predicted octanol–water partition coefficient (Wildman–Crippen LogP) is 2.83. The Morgan fingerprint density at radius 3 is 2.39 bits per heavy atom. The van der Waals surface area contributed by atoms with Crippen molar-refractivity contribution in [2.24, 2.45) is 5.92 Å². The minimum atomic E-state index is -1.12. The zero-order chi connectivity index (χ0) is 13.8. The Bertz CT molecular complexity index is 392. The average Bonchev–Trinajstić information content (AvgIpc) is 2.26. The monoisotopic (exact) mass is 270 g/mol. The number of halogens is 1. The van der Waals surface area contributed by atoms with E-state index in [1.807, 2.05) is 12.1 Å². The summed E-state index contributed by atoms with van der Waals surface area (Å²) in [5.74, 6) is -0.960. The second-order valence-corrected chi connectivity index (χ2v) is 5.23. The highest BCUT2D eigenvalue weighted by Crippen LogP contribution is 2.23. The number of ether oxygens (including phenoxy) is 1. The van der Waals surface area contributed by atoms with Crippen LogP contribution < -0.4 is 0 Å². The van der Waals surface area contributed by atoms with Crippen molar-refractivity contribution in [2.45, 2.75) is 32.8 Å². The van der Waals surface area contributed by atoms with E-state index >= 15 is 0 Å². The van der Waals surface area contributed by atoms with E-state index in [1.165, 1.54) is 0 Å². The molecule has 0 aliphatic carbocycles. The lowest BCUT2D eigenvalue weighted by atomic mass is 9.85. The van der Waals surface area contributed by atoms with E-state index in [0.29, 0.717) is 18.1 Å². The van der Waals surface area contributed by atoms with Gasteiger partial charge in [-0.3, -0.25) is 4.79 Å². The van der Waals surface area contributed by atoms with Gasteiger partial charge in [0.25, 0.3) is 0 Å². The van der Waals surface area contributed by atoms with Crippen LogP contribution in [0.15, 0.2) is 24.3 Å². The maximum atomic E-state index is 11.9. The third kappa shape index (κ3) is 4.31. The smallest absolute Gasteiger partial charge is 0.312 e. The fraction of sp³-hybridized carbons (Fsp3) is 0.500. The van der Waals surface area contributed by atoms with Crippen LogP contribution in [0.1, 0.15) is 26.3 Å². The van der Waals surface area contributed by atoms with Crippen LogP contribution in [0.25, 0.3) is 0 Å². The van der Waals surface area contributed by atoms with Crippen molar-refractivity contribution < 1.29 is 14.6 Å². The largest absolute Gasteiger partial charge is 0.466 e. The van der Waals surface area contributed by atoms with Gasteiger partial charge in [-0.15, -0.1) is 0 Å². The Labute approximate surface area is 113 Å². The molecule has 1 N–H and O–H groups in total. The number of aliphatic hydroxyl groups is 1. The summed E-state index contributed by atoms with van der Waals surface area (Å²) < 4.78 is 5.00. The lowest BCUT2D eigenvalue weighted by molar-refractivity contribution is -0.156. The first-order valence-corrected chi connectivity index (χ1v) is 6.36. The van der Waals surface area contributed by atoms with Crippen LogP contribution in [0.2, 0.25) is 5.02 Å². The Balaban J connectivity index is 2.85. The molecule has 0 aliphatic heterocycles. The zero-order valence-electron chi connectivity index (χ0n) is 10.9. The van der Waals surface area contributed by atoms with Gasteiger partial charge in [-0.05, 0) is 44.9 Å². The summed E-state index contributed by atoms with van der Waals surface area (Å²) in [5.41, 5.74) is -0.175. The lowest BCUT2D eigenvalue weighted by Crippen LogP contribution is -2.39. The van der Waals surface area contributed by atoms with Gasteiger partial charge in [-0.1, -0.05) is 23.7 Å². The number of rotatable bonds is 5. The highest BCUT2D eigenvalue weighted by molar-refractivity contribution is 6.30. The van der Waals surface area contributed by atoms with Crippen molar-refractivity contribution in [1.29, 1.82) is 0 Å². The van der Waals surface area contributed by atoms with E-state index in [-0.39, 0.29) is 5.97 Å². The molecule has 1 rings (SSSR count). The van der Waals surface area contributed by atoms with E-state index in [2.05, 4.69) is 0 Å². The molecule has 0 unspecified atom stereocenters. The minimum absolute atomic E-state index is 0.312. The quantitative estimate of drug-likeness (QED) is 0.837. The van der Waals surface area contributed by atoms with Crippen LogP contribution in [0, 0.1) is 5.92 Å². The van der Waals surface area contributed by atoms with Gasteiger partial charge >= 0.3 is 5.97 Å². The molecule has 0 aromatic heterocycles. The van der Waals surface area contributed by atoms with Crippen molar-refractivity contribution in [2.75, 3.05) is 6.61 Å². The summed E-state index contributed by atoms with van der Waals surface area (Å²) in [6, 6.07) is 7.23. The van der Waals surface area contributed by atoms with E-state index in [9.17, 15) is 9.90 Å². The summed E-state index contributed by atoms with van der Waals surface area (Å²) in [7, 11) is 0. The number of carbonyl (C=O) groups excluding carboxylic acids is 1. The second-order valence-electron chi connectivity index (χ2n) is 4.79. The maximum Gasteiger partial charge on any atom is 0.312 e. The van der Waals surface area contributed by atoms with Crippen LogP contribution in [0.3, 0.4) is 0 Å². The predicted molar refractivity (Wildman–Crippen MR) is 71.6 cm³/mol. The molecule has 3 nitrogen and oxygen atoms in total. The summed E-state index contributed by atoms with van der Waals surface area (Å²) in [6.45, 7) is 5.29. The van der Waals surface area contributed by atoms with Gasteiger partial charge in [-0.25, -0.2) is 0 Å².